The standard InChI is InChI=1S/C7H15NO3/c1-7(2,3)5(11-4)8-6(9)10/h5,8H,1-4H3,(H,9,10). The van der Waals surface area contributed by atoms with Crippen LogP contribution in [0.3, 0.4) is 0 Å². The predicted molar refractivity (Wildman–Crippen MR) is 41.4 cm³/mol. The van der Waals surface area contributed by atoms with Crippen LogP contribution in [0.2, 0.25) is 0 Å². The summed E-state index contributed by atoms with van der Waals surface area (Å²) in [4.78, 5) is 10.2. The van der Waals surface area contributed by atoms with E-state index < -0.39 is 12.3 Å². The normalized spacial score (nSPS) is 14.2. The Morgan fingerprint density at radius 2 is 2.00 bits per heavy atom. The van der Waals surface area contributed by atoms with Gasteiger partial charge in [0.15, 0.2) is 0 Å². The molecule has 0 heterocycles. The quantitative estimate of drug-likeness (QED) is 0.599. The van der Waals surface area contributed by atoms with Gasteiger partial charge in [-0.25, -0.2) is 4.79 Å². The Morgan fingerprint density at radius 3 is 2.09 bits per heavy atom. The van der Waals surface area contributed by atoms with Crippen LogP contribution in [0.15, 0.2) is 0 Å². The molecule has 1 atom stereocenters. The van der Waals surface area contributed by atoms with Gasteiger partial charge in [0.25, 0.3) is 0 Å². The fourth-order valence-electron chi connectivity index (χ4n) is 0.741. The summed E-state index contributed by atoms with van der Waals surface area (Å²) in [6.45, 7) is 5.70. The molecule has 4 nitrogen and oxygen atoms in total. The Labute approximate surface area is 66.5 Å². The van der Waals surface area contributed by atoms with E-state index in [1.807, 2.05) is 20.8 Å². The van der Waals surface area contributed by atoms with E-state index >= 15 is 0 Å². The van der Waals surface area contributed by atoms with Crippen LogP contribution in [0, 0.1) is 5.41 Å². The van der Waals surface area contributed by atoms with Crippen LogP contribution in [0.4, 0.5) is 4.79 Å². The molecule has 66 valence electrons. The average Bonchev–Trinajstić information content (AvgIpc) is 1.79. The van der Waals surface area contributed by atoms with Gasteiger partial charge in [-0.15, -0.1) is 0 Å². The van der Waals surface area contributed by atoms with Crippen LogP contribution in [0.1, 0.15) is 20.8 Å². The third-order valence-corrected chi connectivity index (χ3v) is 1.28. The first kappa shape index (κ1) is 10.2. The molecule has 4 heteroatoms. The molecule has 0 aromatic rings. The van der Waals surface area contributed by atoms with Crippen LogP contribution >= 0.6 is 0 Å². The van der Waals surface area contributed by atoms with Gasteiger partial charge < -0.3 is 9.84 Å². The lowest BCUT2D eigenvalue weighted by Gasteiger charge is -2.28. The second-order valence-electron chi connectivity index (χ2n) is 3.43. The number of carbonyl (C=O) groups is 1. The van der Waals surface area contributed by atoms with Gasteiger partial charge in [-0.05, 0) is 0 Å². The minimum atomic E-state index is -1.06. The molecule has 0 bridgehead atoms. The fourth-order valence-corrected chi connectivity index (χ4v) is 0.741. The highest BCUT2D eigenvalue weighted by Crippen LogP contribution is 2.19. The second kappa shape index (κ2) is 3.57. The lowest BCUT2D eigenvalue weighted by atomic mass is 9.94. The molecule has 0 aromatic heterocycles. The number of hydrogen-bond acceptors (Lipinski definition) is 2. The van der Waals surface area contributed by atoms with Crippen LogP contribution < -0.4 is 5.32 Å². The molecule has 1 unspecified atom stereocenters. The zero-order chi connectivity index (χ0) is 9.07. The first-order valence-corrected chi connectivity index (χ1v) is 3.40. The summed E-state index contributed by atoms with van der Waals surface area (Å²) in [5.41, 5.74) is -0.215. The van der Waals surface area contributed by atoms with Crippen molar-refractivity contribution >= 4 is 6.09 Å². The van der Waals surface area contributed by atoms with Gasteiger partial charge in [0.1, 0.15) is 6.23 Å². The Kier molecular flexibility index (Phi) is 3.32. The molecule has 0 fully saturated rings. The molecule has 2 N–H and O–H groups in total. The van der Waals surface area contributed by atoms with Crippen molar-refractivity contribution in [3.8, 4) is 0 Å². The van der Waals surface area contributed by atoms with E-state index in [4.69, 9.17) is 9.84 Å². The van der Waals surface area contributed by atoms with Crippen molar-refractivity contribution in [2.24, 2.45) is 5.41 Å². The topological polar surface area (TPSA) is 58.6 Å². The van der Waals surface area contributed by atoms with Crippen molar-refractivity contribution in [2.45, 2.75) is 27.0 Å². The number of methoxy groups -OCH3 is 1. The van der Waals surface area contributed by atoms with Gasteiger partial charge in [-0.3, -0.25) is 5.32 Å². The van der Waals surface area contributed by atoms with E-state index in [9.17, 15) is 4.79 Å². The third-order valence-electron chi connectivity index (χ3n) is 1.28. The summed E-state index contributed by atoms with van der Waals surface area (Å²) < 4.78 is 4.93. The molecule has 0 saturated heterocycles. The second-order valence-corrected chi connectivity index (χ2v) is 3.43. The smallest absolute Gasteiger partial charge is 0.406 e. The Balaban J connectivity index is 4.07. The summed E-state index contributed by atoms with van der Waals surface area (Å²) >= 11 is 0. The lowest BCUT2D eigenvalue weighted by molar-refractivity contribution is -0.00497. The molecule has 0 aliphatic rings. The van der Waals surface area contributed by atoms with E-state index in [1.54, 1.807) is 0 Å². The summed E-state index contributed by atoms with van der Waals surface area (Å²) in [6.07, 6.45) is -1.52. The van der Waals surface area contributed by atoms with Gasteiger partial charge in [0, 0.05) is 12.5 Å². The predicted octanol–water partition coefficient (Wildman–Crippen LogP) is 1.27. The van der Waals surface area contributed by atoms with Crippen molar-refractivity contribution in [1.29, 1.82) is 0 Å². The van der Waals surface area contributed by atoms with Crippen LogP contribution in [0.25, 0.3) is 0 Å². The molecular formula is C7H15NO3. The highest BCUT2D eigenvalue weighted by Gasteiger charge is 2.25. The molecule has 0 aromatic carbocycles. The zero-order valence-corrected chi connectivity index (χ0v) is 7.34. The van der Waals surface area contributed by atoms with Crippen molar-refractivity contribution in [1.82, 2.24) is 5.32 Å². The molecule has 11 heavy (non-hydrogen) atoms. The molecule has 0 aliphatic heterocycles. The van der Waals surface area contributed by atoms with Crippen molar-refractivity contribution < 1.29 is 14.6 Å². The summed E-state index contributed by atoms with van der Waals surface area (Å²) in [5, 5.41) is 10.7. The van der Waals surface area contributed by atoms with E-state index in [2.05, 4.69) is 5.32 Å². The molecule has 0 rings (SSSR count). The number of carboxylic acid groups (broad SMARTS) is 1. The van der Waals surface area contributed by atoms with E-state index in [1.165, 1.54) is 7.11 Å². The minimum absolute atomic E-state index is 0.215. The van der Waals surface area contributed by atoms with E-state index in [0.717, 1.165) is 0 Å². The summed E-state index contributed by atoms with van der Waals surface area (Å²) in [5.74, 6) is 0. The summed E-state index contributed by atoms with van der Waals surface area (Å²) in [7, 11) is 1.48. The molecule has 1 amide bonds. The molecule has 0 spiro atoms. The number of ether oxygens (including phenoxy) is 1. The maximum absolute atomic E-state index is 10.2. The maximum atomic E-state index is 10.2. The third kappa shape index (κ3) is 3.83. The van der Waals surface area contributed by atoms with Crippen molar-refractivity contribution in [3.05, 3.63) is 0 Å². The first-order chi connectivity index (χ1) is 4.88. The Morgan fingerprint density at radius 1 is 1.55 bits per heavy atom. The van der Waals surface area contributed by atoms with Crippen LogP contribution in [-0.4, -0.2) is 24.5 Å². The SMILES string of the molecule is COC(NC(=O)O)C(C)(C)C. The highest BCUT2D eigenvalue weighted by molar-refractivity contribution is 5.64. The minimum Gasteiger partial charge on any atom is -0.465 e. The van der Waals surface area contributed by atoms with Gasteiger partial charge in [0.2, 0.25) is 0 Å². The fraction of sp³-hybridized carbons (Fsp3) is 0.857. The van der Waals surface area contributed by atoms with Crippen molar-refractivity contribution in [3.63, 3.8) is 0 Å². The first-order valence-electron chi connectivity index (χ1n) is 3.40. The van der Waals surface area contributed by atoms with Crippen LogP contribution in [-0.2, 0) is 4.74 Å². The number of amides is 1. The maximum Gasteiger partial charge on any atom is 0.406 e. The number of rotatable bonds is 2. The zero-order valence-electron chi connectivity index (χ0n) is 7.34. The molecule has 0 saturated carbocycles. The Hall–Kier alpha value is -0.770. The number of hydrogen-bond donors (Lipinski definition) is 2. The summed E-state index contributed by atoms with van der Waals surface area (Å²) in [6, 6.07) is 0. The largest absolute Gasteiger partial charge is 0.465 e. The molecular weight excluding hydrogens is 146 g/mol. The van der Waals surface area contributed by atoms with E-state index in [0.29, 0.717) is 0 Å². The van der Waals surface area contributed by atoms with Gasteiger partial charge in [-0.2, -0.15) is 0 Å². The highest BCUT2D eigenvalue weighted by atomic mass is 16.5. The average molecular weight is 161 g/mol. The van der Waals surface area contributed by atoms with Gasteiger partial charge in [-0.1, -0.05) is 20.8 Å². The van der Waals surface area contributed by atoms with Gasteiger partial charge >= 0.3 is 6.09 Å². The monoisotopic (exact) mass is 161 g/mol. The molecule has 0 radical (unpaired) electrons. The Bertz CT molecular complexity index is 139. The van der Waals surface area contributed by atoms with Gasteiger partial charge in [0.05, 0.1) is 0 Å². The van der Waals surface area contributed by atoms with Crippen LogP contribution in [0.5, 0.6) is 0 Å². The lowest BCUT2D eigenvalue weighted by Crippen LogP contribution is -2.44. The molecule has 0 aliphatic carbocycles. The van der Waals surface area contributed by atoms with Crippen molar-refractivity contribution in [2.75, 3.05) is 7.11 Å². The van der Waals surface area contributed by atoms with E-state index in [-0.39, 0.29) is 5.41 Å². The number of nitrogens with one attached hydrogen (secondary N) is 1.